The molecule has 22 heavy (non-hydrogen) atoms. The minimum Gasteiger partial charge on any atom is -0.393 e. The summed E-state index contributed by atoms with van der Waals surface area (Å²) in [4.78, 5) is 4.50. The molecule has 0 aliphatic heterocycles. The van der Waals surface area contributed by atoms with Crippen LogP contribution in [0.3, 0.4) is 0 Å². The zero-order valence-corrected chi connectivity index (χ0v) is 15.5. The molecule has 2 atom stereocenters. The molecule has 0 aliphatic rings. The van der Waals surface area contributed by atoms with Crippen molar-refractivity contribution in [2.24, 2.45) is 10.9 Å². The molecule has 0 radical (unpaired) electrons. The predicted octanol–water partition coefficient (Wildman–Crippen LogP) is 6.17. The third-order valence-corrected chi connectivity index (χ3v) is 4.37. The van der Waals surface area contributed by atoms with Crippen LogP contribution in [0.5, 0.6) is 0 Å². The van der Waals surface area contributed by atoms with Crippen LogP contribution in [-0.2, 0) is 0 Å². The largest absolute Gasteiger partial charge is 0.393 e. The van der Waals surface area contributed by atoms with Crippen LogP contribution >= 0.6 is 0 Å². The molecule has 132 valence electrons. The monoisotopic (exact) mass is 311 g/mol. The molecule has 0 fully saturated rings. The van der Waals surface area contributed by atoms with E-state index >= 15 is 0 Å². The van der Waals surface area contributed by atoms with Gasteiger partial charge in [0.2, 0.25) is 0 Å². The molecule has 0 bridgehead atoms. The Morgan fingerprint density at radius 2 is 1.45 bits per heavy atom. The molecule has 0 rings (SSSR count). The van der Waals surface area contributed by atoms with Crippen LogP contribution in [0.1, 0.15) is 104 Å². The summed E-state index contributed by atoms with van der Waals surface area (Å²) in [6, 6.07) is 0. The van der Waals surface area contributed by atoms with Crippen molar-refractivity contribution in [2.45, 2.75) is 110 Å². The topological polar surface area (TPSA) is 32.6 Å². The highest BCUT2D eigenvalue weighted by molar-refractivity contribution is 5.56. The summed E-state index contributed by atoms with van der Waals surface area (Å²) in [6.07, 6.45) is 18.6. The number of aliphatic hydroxyl groups is 1. The van der Waals surface area contributed by atoms with Crippen molar-refractivity contribution in [2.75, 3.05) is 6.54 Å². The third-order valence-electron chi connectivity index (χ3n) is 4.37. The lowest BCUT2D eigenvalue weighted by atomic mass is 9.97. The summed E-state index contributed by atoms with van der Waals surface area (Å²) in [5.41, 5.74) is 0. The summed E-state index contributed by atoms with van der Waals surface area (Å²) < 4.78 is 0. The molecule has 0 saturated heterocycles. The lowest BCUT2D eigenvalue weighted by molar-refractivity contribution is 0.181. The Morgan fingerprint density at radius 1 is 0.818 bits per heavy atom. The smallest absolute Gasteiger partial charge is 0.0512 e. The average molecular weight is 312 g/mol. The first-order valence-electron chi connectivity index (χ1n) is 9.83. The second-order valence-electron chi connectivity index (χ2n) is 7.03. The van der Waals surface area contributed by atoms with E-state index in [-0.39, 0.29) is 6.10 Å². The number of aliphatic hydroxyl groups excluding tert-OH is 1. The van der Waals surface area contributed by atoms with Crippen molar-refractivity contribution < 1.29 is 5.11 Å². The van der Waals surface area contributed by atoms with Crippen LogP contribution in [0.4, 0.5) is 0 Å². The van der Waals surface area contributed by atoms with Crippen molar-refractivity contribution in [3.63, 3.8) is 0 Å². The van der Waals surface area contributed by atoms with E-state index in [1.54, 1.807) is 0 Å². The van der Waals surface area contributed by atoms with Crippen molar-refractivity contribution in [3.05, 3.63) is 0 Å². The van der Waals surface area contributed by atoms with Crippen LogP contribution in [-0.4, -0.2) is 24.0 Å². The van der Waals surface area contributed by atoms with Gasteiger partial charge in [-0.1, -0.05) is 65.2 Å². The van der Waals surface area contributed by atoms with E-state index in [1.165, 1.54) is 57.8 Å². The lowest BCUT2D eigenvalue weighted by Gasteiger charge is -2.10. The molecule has 1 N–H and O–H groups in total. The SMILES string of the molecule is CCCCCCCC[C@H](C)CCCN=CCCCC[C@@H](C)O. The first-order valence-corrected chi connectivity index (χ1v) is 9.83. The predicted molar refractivity (Wildman–Crippen MR) is 99.9 cm³/mol. The number of hydrogen-bond donors (Lipinski definition) is 1. The molecule has 2 nitrogen and oxygen atoms in total. The fourth-order valence-corrected chi connectivity index (χ4v) is 2.81. The Morgan fingerprint density at radius 3 is 2.18 bits per heavy atom. The van der Waals surface area contributed by atoms with Gasteiger partial charge in [-0.25, -0.2) is 0 Å². The van der Waals surface area contributed by atoms with Gasteiger partial charge in [-0.15, -0.1) is 0 Å². The van der Waals surface area contributed by atoms with Crippen molar-refractivity contribution in [3.8, 4) is 0 Å². The van der Waals surface area contributed by atoms with Crippen molar-refractivity contribution in [1.29, 1.82) is 0 Å². The van der Waals surface area contributed by atoms with Crippen molar-refractivity contribution in [1.82, 2.24) is 0 Å². The van der Waals surface area contributed by atoms with Gasteiger partial charge < -0.3 is 5.11 Å². The van der Waals surface area contributed by atoms with Gasteiger partial charge in [0, 0.05) is 6.54 Å². The quantitative estimate of drug-likeness (QED) is 0.268. The number of nitrogens with zero attached hydrogens (tertiary/aromatic N) is 1. The first kappa shape index (κ1) is 21.6. The number of rotatable bonds is 16. The van der Waals surface area contributed by atoms with Gasteiger partial charge in [-0.3, -0.25) is 4.99 Å². The molecular weight excluding hydrogens is 270 g/mol. The first-order chi connectivity index (χ1) is 10.7. The van der Waals surface area contributed by atoms with E-state index in [2.05, 4.69) is 25.1 Å². The molecule has 0 unspecified atom stereocenters. The van der Waals surface area contributed by atoms with E-state index in [4.69, 9.17) is 5.11 Å². The Bertz CT molecular complexity index is 238. The van der Waals surface area contributed by atoms with Crippen LogP contribution in [0.25, 0.3) is 0 Å². The van der Waals surface area contributed by atoms with Crippen molar-refractivity contribution >= 4 is 6.21 Å². The van der Waals surface area contributed by atoms with E-state index in [0.717, 1.165) is 38.1 Å². The van der Waals surface area contributed by atoms with Crippen LogP contribution in [0.15, 0.2) is 4.99 Å². The minimum atomic E-state index is -0.148. The standard InChI is InChI=1S/C20H41NO/c1-4-5-6-7-8-10-14-19(2)15-13-18-21-17-12-9-11-16-20(3)22/h17,19-20,22H,4-16,18H2,1-3H3/t19-,20+/m0/s1. The molecule has 0 aromatic carbocycles. The fraction of sp³-hybridized carbons (Fsp3) is 0.950. The average Bonchev–Trinajstić information content (AvgIpc) is 2.48. The minimum absolute atomic E-state index is 0.148. The van der Waals surface area contributed by atoms with Gasteiger partial charge in [0.15, 0.2) is 0 Å². The molecule has 0 aromatic rings. The maximum absolute atomic E-state index is 9.16. The highest BCUT2D eigenvalue weighted by Crippen LogP contribution is 2.16. The van der Waals surface area contributed by atoms with E-state index in [1.807, 2.05) is 6.92 Å². The van der Waals surface area contributed by atoms with Crippen LogP contribution < -0.4 is 0 Å². The van der Waals surface area contributed by atoms with E-state index < -0.39 is 0 Å². The van der Waals surface area contributed by atoms with Gasteiger partial charge in [0.1, 0.15) is 0 Å². The maximum atomic E-state index is 9.16. The summed E-state index contributed by atoms with van der Waals surface area (Å²) >= 11 is 0. The second kappa shape index (κ2) is 17.0. The zero-order valence-electron chi connectivity index (χ0n) is 15.5. The Hall–Kier alpha value is -0.370. The molecule has 0 heterocycles. The lowest BCUT2D eigenvalue weighted by Crippen LogP contribution is -1.98. The normalized spacial score (nSPS) is 14.5. The Kier molecular flexibility index (Phi) is 16.7. The van der Waals surface area contributed by atoms with Gasteiger partial charge in [0.05, 0.1) is 6.10 Å². The van der Waals surface area contributed by atoms with Gasteiger partial charge in [-0.2, -0.15) is 0 Å². The zero-order chi connectivity index (χ0) is 16.5. The Labute approximate surface area is 139 Å². The maximum Gasteiger partial charge on any atom is 0.0512 e. The fourth-order valence-electron chi connectivity index (χ4n) is 2.81. The van der Waals surface area contributed by atoms with Gasteiger partial charge >= 0.3 is 0 Å². The van der Waals surface area contributed by atoms with E-state index in [9.17, 15) is 0 Å². The molecule has 0 amide bonds. The Balaban J connectivity index is 3.25. The summed E-state index contributed by atoms with van der Waals surface area (Å²) in [7, 11) is 0. The van der Waals surface area contributed by atoms with Gasteiger partial charge in [-0.05, 0) is 51.2 Å². The molecule has 2 heteroatoms. The molecule has 0 spiro atoms. The third kappa shape index (κ3) is 17.7. The summed E-state index contributed by atoms with van der Waals surface area (Å²) in [5.74, 6) is 0.868. The highest BCUT2D eigenvalue weighted by atomic mass is 16.3. The van der Waals surface area contributed by atoms with Crippen LogP contribution in [0.2, 0.25) is 0 Å². The highest BCUT2D eigenvalue weighted by Gasteiger charge is 2.01. The molecular formula is C20H41NO. The van der Waals surface area contributed by atoms with Crippen LogP contribution in [0, 0.1) is 5.92 Å². The second-order valence-corrected chi connectivity index (χ2v) is 7.03. The van der Waals surface area contributed by atoms with E-state index in [0.29, 0.717) is 0 Å². The molecule has 0 saturated carbocycles. The number of unbranched alkanes of at least 4 members (excludes halogenated alkanes) is 7. The van der Waals surface area contributed by atoms with Gasteiger partial charge in [0.25, 0.3) is 0 Å². The summed E-state index contributed by atoms with van der Waals surface area (Å²) in [5, 5.41) is 9.16. The molecule has 0 aliphatic carbocycles. The summed E-state index contributed by atoms with van der Waals surface area (Å²) in [6.45, 7) is 7.53. The number of hydrogen-bond acceptors (Lipinski definition) is 2. The number of aliphatic imine (C=N–C) groups is 1. The molecule has 0 aromatic heterocycles.